The number of carbonyl (C=O) groups excluding carboxylic acids is 1. The summed E-state index contributed by atoms with van der Waals surface area (Å²) in [5, 5.41) is 2.20. The highest BCUT2D eigenvalue weighted by molar-refractivity contribution is 5.79. The summed E-state index contributed by atoms with van der Waals surface area (Å²) >= 11 is 0. The Morgan fingerprint density at radius 1 is 1.40 bits per heavy atom. The van der Waals surface area contributed by atoms with Crippen LogP contribution < -0.4 is 5.43 Å². The molecular weight excluding hydrogens is 190 g/mol. The standard InChI is InChI=1S/C11H21N3O/c1-3-6-14-11(9-10(15)12-14)4-7-13(2)8-5-11/h3-9H2,1-2H3,(H,12,15). The molecule has 0 aromatic rings. The number of hydrogen-bond donors (Lipinski definition) is 1. The van der Waals surface area contributed by atoms with Crippen LogP contribution in [0.4, 0.5) is 0 Å². The maximum absolute atomic E-state index is 11.5. The lowest BCUT2D eigenvalue weighted by Gasteiger charge is -2.42. The first-order valence-corrected chi connectivity index (χ1v) is 5.92. The highest BCUT2D eigenvalue weighted by Gasteiger charge is 2.45. The lowest BCUT2D eigenvalue weighted by Crippen LogP contribution is -2.54. The molecule has 1 N–H and O–H groups in total. The molecule has 86 valence electrons. The van der Waals surface area contributed by atoms with Gasteiger partial charge in [0.25, 0.3) is 0 Å². The van der Waals surface area contributed by atoms with Crippen LogP contribution in [0.5, 0.6) is 0 Å². The summed E-state index contributed by atoms with van der Waals surface area (Å²) in [5.74, 6) is 0.202. The number of amides is 1. The van der Waals surface area contributed by atoms with Gasteiger partial charge in [-0.1, -0.05) is 6.92 Å². The zero-order valence-electron chi connectivity index (χ0n) is 9.75. The number of hydrazine groups is 1. The number of piperidine rings is 1. The fourth-order valence-corrected chi connectivity index (χ4v) is 2.70. The highest BCUT2D eigenvalue weighted by atomic mass is 16.2. The first-order chi connectivity index (χ1) is 7.16. The average Bonchev–Trinajstić information content (AvgIpc) is 2.49. The van der Waals surface area contributed by atoms with Crippen molar-refractivity contribution < 1.29 is 4.79 Å². The molecule has 2 fully saturated rings. The van der Waals surface area contributed by atoms with E-state index in [2.05, 4.69) is 29.3 Å². The van der Waals surface area contributed by atoms with Crippen LogP contribution in [0.1, 0.15) is 32.6 Å². The Labute approximate surface area is 91.6 Å². The summed E-state index contributed by atoms with van der Waals surface area (Å²) in [7, 11) is 2.15. The topological polar surface area (TPSA) is 35.6 Å². The van der Waals surface area contributed by atoms with Gasteiger partial charge in [0, 0.05) is 13.0 Å². The monoisotopic (exact) mass is 211 g/mol. The normalized spacial score (nSPS) is 27.2. The first kappa shape index (κ1) is 10.9. The molecule has 0 bridgehead atoms. The zero-order valence-corrected chi connectivity index (χ0v) is 9.75. The van der Waals surface area contributed by atoms with Gasteiger partial charge in [-0.25, -0.2) is 5.01 Å². The molecule has 2 saturated heterocycles. The van der Waals surface area contributed by atoms with Crippen LogP contribution in [0, 0.1) is 0 Å². The molecule has 1 amide bonds. The molecule has 15 heavy (non-hydrogen) atoms. The van der Waals surface area contributed by atoms with E-state index in [-0.39, 0.29) is 11.4 Å². The predicted molar refractivity (Wildman–Crippen MR) is 59.2 cm³/mol. The van der Waals surface area contributed by atoms with Gasteiger partial charge < -0.3 is 4.90 Å². The quantitative estimate of drug-likeness (QED) is 0.726. The van der Waals surface area contributed by atoms with E-state index in [0.717, 1.165) is 38.9 Å². The van der Waals surface area contributed by atoms with E-state index in [1.165, 1.54) is 0 Å². The Balaban J connectivity index is 2.07. The van der Waals surface area contributed by atoms with Crippen molar-refractivity contribution in [2.45, 2.75) is 38.1 Å². The summed E-state index contributed by atoms with van der Waals surface area (Å²) < 4.78 is 0. The van der Waals surface area contributed by atoms with Gasteiger partial charge in [0.2, 0.25) is 5.91 Å². The fourth-order valence-electron chi connectivity index (χ4n) is 2.70. The van der Waals surface area contributed by atoms with Gasteiger partial charge >= 0.3 is 0 Å². The third-order valence-corrected chi connectivity index (χ3v) is 3.69. The number of rotatable bonds is 2. The van der Waals surface area contributed by atoms with Gasteiger partial charge in [-0.05, 0) is 39.4 Å². The molecule has 0 aromatic carbocycles. The number of likely N-dealkylation sites (tertiary alicyclic amines) is 1. The molecule has 0 saturated carbocycles. The lowest BCUT2D eigenvalue weighted by atomic mass is 9.85. The van der Waals surface area contributed by atoms with E-state index in [4.69, 9.17) is 0 Å². The zero-order chi connectivity index (χ0) is 10.9. The van der Waals surface area contributed by atoms with Gasteiger partial charge in [-0.3, -0.25) is 10.2 Å². The summed E-state index contributed by atoms with van der Waals surface area (Å²) in [6.07, 6.45) is 4.02. The van der Waals surface area contributed by atoms with Crippen LogP contribution in [-0.4, -0.2) is 48.0 Å². The Morgan fingerprint density at radius 3 is 2.67 bits per heavy atom. The second-order valence-electron chi connectivity index (χ2n) is 4.89. The third-order valence-electron chi connectivity index (χ3n) is 3.69. The molecule has 4 nitrogen and oxygen atoms in total. The highest BCUT2D eigenvalue weighted by Crippen LogP contribution is 2.34. The minimum atomic E-state index is 0.125. The van der Waals surface area contributed by atoms with Crippen LogP contribution in [0.2, 0.25) is 0 Å². The third kappa shape index (κ3) is 2.01. The predicted octanol–water partition coefficient (Wildman–Crippen LogP) is 0.598. The van der Waals surface area contributed by atoms with Gasteiger partial charge in [0.15, 0.2) is 0 Å². The molecule has 0 aliphatic carbocycles. The fraction of sp³-hybridized carbons (Fsp3) is 0.909. The maximum Gasteiger partial charge on any atom is 0.236 e. The van der Waals surface area contributed by atoms with Crippen molar-refractivity contribution in [1.82, 2.24) is 15.3 Å². The van der Waals surface area contributed by atoms with Crippen molar-refractivity contribution in [3.63, 3.8) is 0 Å². The molecule has 2 aliphatic heterocycles. The molecule has 4 heteroatoms. The van der Waals surface area contributed by atoms with Crippen molar-refractivity contribution in [2.24, 2.45) is 0 Å². The molecule has 2 rings (SSSR count). The molecule has 0 unspecified atom stereocenters. The molecule has 1 spiro atoms. The van der Waals surface area contributed by atoms with Crippen LogP contribution >= 0.6 is 0 Å². The summed E-state index contributed by atoms with van der Waals surface area (Å²) in [4.78, 5) is 13.9. The number of hydrogen-bond acceptors (Lipinski definition) is 3. The largest absolute Gasteiger partial charge is 0.306 e. The van der Waals surface area contributed by atoms with Crippen molar-refractivity contribution in [3.8, 4) is 0 Å². The van der Waals surface area contributed by atoms with Crippen molar-refractivity contribution in [2.75, 3.05) is 26.7 Å². The van der Waals surface area contributed by atoms with Crippen LogP contribution in [0.25, 0.3) is 0 Å². The van der Waals surface area contributed by atoms with Gasteiger partial charge in [-0.2, -0.15) is 0 Å². The smallest absolute Gasteiger partial charge is 0.236 e. The van der Waals surface area contributed by atoms with Crippen molar-refractivity contribution >= 4 is 5.91 Å². The van der Waals surface area contributed by atoms with Crippen LogP contribution in [0.3, 0.4) is 0 Å². The van der Waals surface area contributed by atoms with E-state index in [1.807, 2.05) is 0 Å². The van der Waals surface area contributed by atoms with Crippen LogP contribution in [-0.2, 0) is 4.79 Å². The Hall–Kier alpha value is -0.610. The Morgan fingerprint density at radius 2 is 2.07 bits per heavy atom. The van der Waals surface area contributed by atoms with E-state index in [1.54, 1.807) is 0 Å². The lowest BCUT2D eigenvalue weighted by molar-refractivity contribution is -0.121. The van der Waals surface area contributed by atoms with E-state index < -0.39 is 0 Å². The Kier molecular flexibility index (Phi) is 2.98. The van der Waals surface area contributed by atoms with Gasteiger partial charge in [-0.15, -0.1) is 0 Å². The van der Waals surface area contributed by atoms with Gasteiger partial charge in [0.05, 0.1) is 5.54 Å². The minimum absolute atomic E-state index is 0.125. The second-order valence-corrected chi connectivity index (χ2v) is 4.89. The van der Waals surface area contributed by atoms with E-state index >= 15 is 0 Å². The average molecular weight is 211 g/mol. The Bertz CT molecular complexity index is 246. The maximum atomic E-state index is 11.5. The molecule has 0 radical (unpaired) electrons. The van der Waals surface area contributed by atoms with Crippen molar-refractivity contribution in [3.05, 3.63) is 0 Å². The summed E-state index contributed by atoms with van der Waals surface area (Å²) in [6, 6.07) is 0. The minimum Gasteiger partial charge on any atom is -0.306 e. The molecule has 0 atom stereocenters. The second kappa shape index (κ2) is 4.10. The molecule has 2 aliphatic rings. The molecule has 2 heterocycles. The van der Waals surface area contributed by atoms with E-state index in [0.29, 0.717) is 6.42 Å². The number of nitrogens with zero attached hydrogens (tertiary/aromatic N) is 2. The first-order valence-electron chi connectivity index (χ1n) is 5.92. The van der Waals surface area contributed by atoms with Crippen LogP contribution in [0.15, 0.2) is 0 Å². The summed E-state index contributed by atoms with van der Waals surface area (Å²) in [6.45, 7) is 5.35. The SMILES string of the molecule is CCCN1NC(=O)CC12CCN(C)CC2. The van der Waals surface area contributed by atoms with Gasteiger partial charge in [0.1, 0.15) is 0 Å². The number of nitrogens with one attached hydrogen (secondary N) is 1. The molecule has 0 aromatic heterocycles. The molecular formula is C11H21N3O. The van der Waals surface area contributed by atoms with E-state index in [9.17, 15) is 4.79 Å². The van der Waals surface area contributed by atoms with Crippen molar-refractivity contribution in [1.29, 1.82) is 0 Å². The summed E-state index contributed by atoms with van der Waals surface area (Å²) in [5.41, 5.74) is 3.13. The number of carbonyl (C=O) groups is 1.